The van der Waals surface area contributed by atoms with E-state index in [0.717, 1.165) is 4.47 Å². The number of hydrogen-bond donors (Lipinski definition) is 2. The van der Waals surface area contributed by atoms with Crippen LogP contribution in [0.3, 0.4) is 0 Å². The van der Waals surface area contributed by atoms with Gasteiger partial charge >= 0.3 is 0 Å². The number of nitrogens with two attached hydrogens (primary N) is 1. The molecule has 1 saturated heterocycles. The minimum absolute atomic E-state index is 0.198. The molecule has 0 radical (unpaired) electrons. The molecule has 0 bridgehead atoms. The van der Waals surface area contributed by atoms with Crippen molar-refractivity contribution in [3.63, 3.8) is 0 Å². The van der Waals surface area contributed by atoms with E-state index < -0.39 is 6.04 Å². The second-order valence-corrected chi connectivity index (χ2v) is 5.57. The van der Waals surface area contributed by atoms with Crippen molar-refractivity contribution in [2.45, 2.75) is 13.0 Å². The van der Waals surface area contributed by atoms with Crippen LogP contribution >= 0.6 is 15.9 Å². The van der Waals surface area contributed by atoms with Gasteiger partial charge in [0.25, 0.3) is 5.91 Å². The van der Waals surface area contributed by atoms with Gasteiger partial charge in [0.15, 0.2) is 0 Å². The van der Waals surface area contributed by atoms with E-state index in [1.54, 1.807) is 18.2 Å². The Balaban J connectivity index is 2.21. The number of ether oxygens (including phenoxy) is 1. The number of rotatable bonds is 3. The van der Waals surface area contributed by atoms with Crippen molar-refractivity contribution < 1.29 is 14.3 Å². The van der Waals surface area contributed by atoms with Crippen LogP contribution in [0.25, 0.3) is 0 Å². The Morgan fingerprint density at radius 3 is 2.95 bits per heavy atom. The Morgan fingerprint density at radius 2 is 2.29 bits per heavy atom. The van der Waals surface area contributed by atoms with Crippen molar-refractivity contribution in [3.05, 3.63) is 28.2 Å². The summed E-state index contributed by atoms with van der Waals surface area (Å²) in [7, 11) is 0. The fourth-order valence-electron chi connectivity index (χ4n) is 2.20. The molecule has 7 heteroatoms. The lowest BCUT2D eigenvalue weighted by molar-refractivity contribution is -0.130. The number of halogens is 1. The summed E-state index contributed by atoms with van der Waals surface area (Å²) < 4.78 is 6.06. The number of carbonyl (C=O) groups is 2. The van der Waals surface area contributed by atoms with Crippen LogP contribution in [0, 0.1) is 0 Å². The average molecular weight is 356 g/mol. The molecule has 1 atom stereocenters. The highest BCUT2D eigenvalue weighted by atomic mass is 79.9. The second kappa shape index (κ2) is 6.91. The topological polar surface area (TPSA) is 84.7 Å². The summed E-state index contributed by atoms with van der Waals surface area (Å²) >= 11 is 3.30. The standard InChI is InChI=1S/C14H18BrN3O3/c1-2-17-13(19)12-8-21-6-5-18(12)14(20)9-3-4-10(15)11(16)7-9/h3-4,7,12H,2,5-6,8,16H2,1H3,(H,17,19). The van der Waals surface area contributed by atoms with Crippen LogP contribution in [-0.2, 0) is 9.53 Å². The molecule has 1 unspecified atom stereocenters. The number of nitrogen functional groups attached to an aromatic ring is 1. The summed E-state index contributed by atoms with van der Waals surface area (Å²) in [5, 5.41) is 2.73. The maximum Gasteiger partial charge on any atom is 0.254 e. The van der Waals surface area contributed by atoms with E-state index in [1.807, 2.05) is 6.92 Å². The lowest BCUT2D eigenvalue weighted by Gasteiger charge is -2.34. The zero-order valence-corrected chi connectivity index (χ0v) is 13.4. The maximum absolute atomic E-state index is 12.6. The molecule has 114 valence electrons. The first-order valence-corrected chi connectivity index (χ1v) is 7.55. The molecule has 0 spiro atoms. The van der Waals surface area contributed by atoms with Crippen LogP contribution in [0.2, 0.25) is 0 Å². The molecule has 1 aliphatic heterocycles. The van der Waals surface area contributed by atoms with Gasteiger partial charge in [-0.2, -0.15) is 0 Å². The van der Waals surface area contributed by atoms with Gasteiger partial charge in [-0.25, -0.2) is 0 Å². The SMILES string of the molecule is CCNC(=O)C1COCCN1C(=O)c1ccc(Br)c(N)c1. The number of nitrogens with zero attached hydrogens (tertiary/aromatic N) is 1. The molecular formula is C14H18BrN3O3. The zero-order valence-electron chi connectivity index (χ0n) is 11.8. The molecule has 0 saturated carbocycles. The van der Waals surface area contributed by atoms with Gasteiger partial charge in [-0.05, 0) is 41.1 Å². The minimum Gasteiger partial charge on any atom is -0.398 e. The zero-order chi connectivity index (χ0) is 15.4. The first-order chi connectivity index (χ1) is 10.0. The van der Waals surface area contributed by atoms with Gasteiger partial charge in [0.05, 0.1) is 13.2 Å². The van der Waals surface area contributed by atoms with Gasteiger partial charge in [0.1, 0.15) is 6.04 Å². The van der Waals surface area contributed by atoms with Crippen LogP contribution in [0.15, 0.2) is 22.7 Å². The summed E-state index contributed by atoms with van der Waals surface area (Å²) in [6, 6.07) is 4.42. The van der Waals surface area contributed by atoms with Crippen LogP contribution in [0.4, 0.5) is 5.69 Å². The summed E-state index contributed by atoms with van der Waals surface area (Å²) in [5.74, 6) is -0.413. The van der Waals surface area contributed by atoms with E-state index in [4.69, 9.17) is 10.5 Å². The van der Waals surface area contributed by atoms with E-state index in [9.17, 15) is 9.59 Å². The predicted molar refractivity (Wildman–Crippen MR) is 82.9 cm³/mol. The number of carbonyl (C=O) groups excluding carboxylic acids is 2. The van der Waals surface area contributed by atoms with Gasteiger partial charge < -0.3 is 20.7 Å². The highest BCUT2D eigenvalue weighted by Gasteiger charge is 2.33. The number of amides is 2. The van der Waals surface area contributed by atoms with E-state index in [0.29, 0.717) is 30.9 Å². The number of likely N-dealkylation sites (N-methyl/N-ethyl adjacent to an activating group) is 1. The molecule has 3 N–H and O–H groups in total. The first-order valence-electron chi connectivity index (χ1n) is 6.76. The third-order valence-electron chi connectivity index (χ3n) is 3.29. The smallest absolute Gasteiger partial charge is 0.254 e. The average Bonchev–Trinajstić information content (AvgIpc) is 2.49. The molecule has 1 fully saturated rings. The van der Waals surface area contributed by atoms with Crippen molar-refractivity contribution in [3.8, 4) is 0 Å². The molecule has 21 heavy (non-hydrogen) atoms. The third-order valence-corrected chi connectivity index (χ3v) is 4.01. The van der Waals surface area contributed by atoms with Crippen molar-refractivity contribution in [2.24, 2.45) is 0 Å². The molecule has 1 aliphatic rings. The van der Waals surface area contributed by atoms with E-state index in [1.165, 1.54) is 4.90 Å². The Bertz CT molecular complexity index is 550. The number of morpholine rings is 1. The number of nitrogens with one attached hydrogen (secondary N) is 1. The van der Waals surface area contributed by atoms with Gasteiger partial charge in [0, 0.05) is 28.8 Å². The molecule has 0 aliphatic carbocycles. The molecule has 1 aromatic carbocycles. The highest BCUT2D eigenvalue weighted by molar-refractivity contribution is 9.10. The van der Waals surface area contributed by atoms with Gasteiger partial charge in [0.2, 0.25) is 5.91 Å². The molecule has 2 rings (SSSR count). The Morgan fingerprint density at radius 1 is 1.52 bits per heavy atom. The summed E-state index contributed by atoms with van der Waals surface area (Å²) in [6.45, 7) is 3.37. The second-order valence-electron chi connectivity index (χ2n) is 4.72. The van der Waals surface area contributed by atoms with Crippen LogP contribution < -0.4 is 11.1 Å². The van der Waals surface area contributed by atoms with Crippen molar-refractivity contribution >= 4 is 33.4 Å². The number of benzene rings is 1. The van der Waals surface area contributed by atoms with Crippen LogP contribution in [-0.4, -0.2) is 49.1 Å². The maximum atomic E-state index is 12.6. The Labute approximate surface area is 131 Å². The number of anilines is 1. The van der Waals surface area contributed by atoms with Crippen LogP contribution in [0.5, 0.6) is 0 Å². The molecule has 1 aromatic rings. The van der Waals surface area contributed by atoms with Crippen molar-refractivity contribution in [2.75, 3.05) is 32.0 Å². The summed E-state index contributed by atoms with van der Waals surface area (Å²) in [5.41, 5.74) is 6.76. The Kier molecular flexibility index (Phi) is 5.19. The third kappa shape index (κ3) is 3.54. The van der Waals surface area contributed by atoms with Gasteiger partial charge in [-0.15, -0.1) is 0 Å². The molecule has 1 heterocycles. The predicted octanol–water partition coefficient (Wildman–Crippen LogP) is 1.01. The van der Waals surface area contributed by atoms with Crippen molar-refractivity contribution in [1.29, 1.82) is 0 Å². The minimum atomic E-state index is -0.601. The molecule has 2 amide bonds. The quantitative estimate of drug-likeness (QED) is 0.792. The van der Waals surface area contributed by atoms with Gasteiger partial charge in [-0.3, -0.25) is 9.59 Å². The van der Waals surface area contributed by atoms with Crippen molar-refractivity contribution in [1.82, 2.24) is 10.2 Å². The normalized spacial score (nSPS) is 18.4. The van der Waals surface area contributed by atoms with Crippen LogP contribution in [0.1, 0.15) is 17.3 Å². The fourth-order valence-corrected chi connectivity index (χ4v) is 2.45. The van der Waals surface area contributed by atoms with Gasteiger partial charge in [-0.1, -0.05) is 0 Å². The molecular weight excluding hydrogens is 338 g/mol. The molecule has 6 nitrogen and oxygen atoms in total. The van der Waals surface area contributed by atoms with E-state index in [2.05, 4.69) is 21.2 Å². The van der Waals surface area contributed by atoms with E-state index >= 15 is 0 Å². The lowest BCUT2D eigenvalue weighted by atomic mass is 10.1. The first kappa shape index (κ1) is 15.8. The highest BCUT2D eigenvalue weighted by Crippen LogP contribution is 2.22. The lowest BCUT2D eigenvalue weighted by Crippen LogP contribution is -2.55. The Hall–Kier alpha value is -1.60. The largest absolute Gasteiger partial charge is 0.398 e. The fraction of sp³-hybridized carbons (Fsp3) is 0.429. The molecule has 0 aromatic heterocycles. The summed E-state index contributed by atoms with van der Waals surface area (Å²) in [4.78, 5) is 26.2. The number of hydrogen-bond acceptors (Lipinski definition) is 4. The summed E-state index contributed by atoms with van der Waals surface area (Å²) in [6.07, 6.45) is 0. The monoisotopic (exact) mass is 355 g/mol. The van der Waals surface area contributed by atoms with E-state index in [-0.39, 0.29) is 18.4 Å².